The molecule has 5 heteroatoms. The Morgan fingerprint density at radius 3 is 2.76 bits per heavy atom. The van der Waals surface area contributed by atoms with Crippen LogP contribution in [0.1, 0.15) is 33.5 Å². The van der Waals surface area contributed by atoms with Gasteiger partial charge in [0.25, 0.3) is 0 Å². The lowest BCUT2D eigenvalue weighted by atomic mass is 10.0. The third-order valence-corrected chi connectivity index (χ3v) is 4.71. The number of hydrogen-bond acceptors (Lipinski definition) is 4. The van der Waals surface area contributed by atoms with Gasteiger partial charge in [0, 0.05) is 24.8 Å². The Hall–Kier alpha value is -3.00. The maximum absolute atomic E-state index is 11.4. The average Bonchev–Trinajstić information content (AvgIpc) is 3.05. The molecule has 0 radical (unpaired) electrons. The van der Waals surface area contributed by atoms with Gasteiger partial charge in [-0.2, -0.15) is 5.26 Å². The second-order valence-electron chi connectivity index (χ2n) is 6.49. The maximum atomic E-state index is 11.4. The second kappa shape index (κ2) is 6.86. The van der Waals surface area contributed by atoms with Crippen molar-refractivity contribution in [2.75, 3.05) is 23.3 Å². The number of carboxylic acids is 1. The molecule has 2 N–H and O–H groups in total. The summed E-state index contributed by atoms with van der Waals surface area (Å²) in [4.78, 5) is 13.6. The third-order valence-electron chi connectivity index (χ3n) is 4.71. The molecule has 1 heterocycles. The Morgan fingerprint density at radius 1 is 1.28 bits per heavy atom. The summed E-state index contributed by atoms with van der Waals surface area (Å²) >= 11 is 0. The minimum Gasteiger partial charge on any atom is -0.478 e. The van der Waals surface area contributed by atoms with Crippen LogP contribution in [0.25, 0.3) is 0 Å². The van der Waals surface area contributed by atoms with Crippen molar-refractivity contribution in [2.24, 2.45) is 0 Å². The molecule has 128 valence electrons. The Balaban J connectivity index is 1.77. The van der Waals surface area contributed by atoms with Crippen molar-refractivity contribution < 1.29 is 9.90 Å². The number of nitrogens with zero attached hydrogens (tertiary/aromatic N) is 2. The van der Waals surface area contributed by atoms with Crippen LogP contribution in [-0.4, -0.2) is 30.2 Å². The number of hydrogen-bond donors (Lipinski definition) is 2. The lowest BCUT2D eigenvalue weighted by Gasteiger charge is -2.21. The van der Waals surface area contributed by atoms with E-state index < -0.39 is 5.97 Å². The normalized spacial score (nSPS) is 16.5. The highest BCUT2D eigenvalue weighted by molar-refractivity contribution is 5.91. The number of carboxylic acid groups (broad SMARTS) is 1. The highest BCUT2D eigenvalue weighted by atomic mass is 16.4. The second-order valence-corrected chi connectivity index (χ2v) is 6.49. The summed E-state index contributed by atoms with van der Waals surface area (Å²) in [6, 6.07) is 13.7. The number of anilines is 2. The molecule has 0 bridgehead atoms. The number of nitrogens with one attached hydrogen (secondary N) is 1. The fourth-order valence-electron chi connectivity index (χ4n) is 3.40. The molecule has 0 amide bonds. The molecule has 1 fully saturated rings. The number of carbonyl (C=O) groups is 1. The van der Waals surface area contributed by atoms with Crippen molar-refractivity contribution in [2.45, 2.75) is 26.3 Å². The van der Waals surface area contributed by atoms with Crippen LogP contribution in [0.5, 0.6) is 0 Å². The molecule has 3 rings (SSSR count). The summed E-state index contributed by atoms with van der Waals surface area (Å²) in [5, 5.41) is 22.1. The van der Waals surface area contributed by atoms with Crippen LogP contribution in [-0.2, 0) is 0 Å². The van der Waals surface area contributed by atoms with Crippen LogP contribution < -0.4 is 10.2 Å². The molecular formula is C20H21N3O2. The smallest absolute Gasteiger partial charge is 0.336 e. The molecule has 1 aliphatic heterocycles. The quantitative estimate of drug-likeness (QED) is 0.893. The monoisotopic (exact) mass is 335 g/mol. The Kier molecular flexibility index (Phi) is 4.62. The van der Waals surface area contributed by atoms with Gasteiger partial charge in [-0.25, -0.2) is 4.79 Å². The minimum absolute atomic E-state index is 0.217. The number of para-hydroxylation sites is 1. The first-order valence-electron chi connectivity index (χ1n) is 8.34. The number of benzene rings is 2. The predicted molar refractivity (Wildman–Crippen MR) is 98.3 cm³/mol. The average molecular weight is 335 g/mol. The predicted octanol–water partition coefficient (Wildman–Crippen LogP) is 3.56. The van der Waals surface area contributed by atoms with Crippen LogP contribution in [0.2, 0.25) is 0 Å². The number of rotatable bonds is 4. The number of aryl methyl sites for hydroxylation is 2. The molecule has 0 aliphatic carbocycles. The fraction of sp³-hybridized carbons (Fsp3) is 0.300. The maximum Gasteiger partial charge on any atom is 0.336 e. The molecule has 0 saturated carbocycles. The van der Waals surface area contributed by atoms with Crippen LogP contribution >= 0.6 is 0 Å². The summed E-state index contributed by atoms with van der Waals surface area (Å²) in [6.45, 7) is 5.45. The van der Waals surface area contributed by atoms with Gasteiger partial charge in [-0.05, 0) is 49.6 Å². The van der Waals surface area contributed by atoms with E-state index in [-0.39, 0.29) is 6.04 Å². The topological polar surface area (TPSA) is 76.4 Å². The zero-order valence-corrected chi connectivity index (χ0v) is 14.4. The highest BCUT2D eigenvalue weighted by Crippen LogP contribution is 2.27. The van der Waals surface area contributed by atoms with Crippen molar-refractivity contribution in [3.63, 3.8) is 0 Å². The van der Waals surface area contributed by atoms with Crippen molar-refractivity contribution >= 4 is 17.3 Å². The highest BCUT2D eigenvalue weighted by Gasteiger charge is 2.25. The number of nitriles is 1. The minimum atomic E-state index is -0.906. The van der Waals surface area contributed by atoms with E-state index in [4.69, 9.17) is 0 Å². The van der Waals surface area contributed by atoms with E-state index in [2.05, 4.69) is 16.3 Å². The first-order valence-corrected chi connectivity index (χ1v) is 8.34. The van der Waals surface area contributed by atoms with Crippen molar-refractivity contribution in [3.05, 3.63) is 58.7 Å². The lowest BCUT2D eigenvalue weighted by Crippen LogP contribution is -2.26. The molecule has 25 heavy (non-hydrogen) atoms. The van der Waals surface area contributed by atoms with Gasteiger partial charge >= 0.3 is 5.97 Å². The van der Waals surface area contributed by atoms with E-state index in [0.717, 1.165) is 42.0 Å². The van der Waals surface area contributed by atoms with Gasteiger partial charge < -0.3 is 15.3 Å². The first kappa shape index (κ1) is 16.8. The fourth-order valence-corrected chi connectivity index (χ4v) is 3.40. The van der Waals surface area contributed by atoms with E-state index in [0.29, 0.717) is 11.1 Å². The summed E-state index contributed by atoms with van der Waals surface area (Å²) in [7, 11) is 0. The summed E-state index contributed by atoms with van der Waals surface area (Å²) in [6.07, 6.45) is 0.940. The van der Waals surface area contributed by atoms with Gasteiger partial charge in [-0.15, -0.1) is 0 Å². The molecule has 5 nitrogen and oxygen atoms in total. The van der Waals surface area contributed by atoms with Crippen molar-refractivity contribution in [1.82, 2.24) is 0 Å². The van der Waals surface area contributed by atoms with Gasteiger partial charge in [0.15, 0.2) is 0 Å². The van der Waals surface area contributed by atoms with Gasteiger partial charge in [-0.3, -0.25) is 0 Å². The van der Waals surface area contributed by atoms with Crippen molar-refractivity contribution in [1.29, 1.82) is 5.26 Å². The van der Waals surface area contributed by atoms with Crippen LogP contribution in [0.15, 0.2) is 36.4 Å². The third kappa shape index (κ3) is 3.43. The standard InChI is InChI=1S/C20H21N3O2/c1-13-9-14(2)18(10-17(13)20(24)25)22-16-7-8-23(12-16)19-6-4-3-5-15(19)11-21/h3-6,9-10,16,22H,7-8,12H2,1-2H3,(H,24,25). The first-order chi connectivity index (χ1) is 12.0. The van der Waals surface area contributed by atoms with Crippen molar-refractivity contribution in [3.8, 4) is 6.07 Å². The summed E-state index contributed by atoms with van der Waals surface area (Å²) < 4.78 is 0. The Labute approximate surface area is 147 Å². The zero-order chi connectivity index (χ0) is 18.0. The zero-order valence-electron chi connectivity index (χ0n) is 14.4. The molecule has 0 spiro atoms. The van der Waals surface area contributed by atoms with Gasteiger partial charge in [0.2, 0.25) is 0 Å². The SMILES string of the molecule is Cc1cc(C)c(C(=O)O)cc1NC1CCN(c2ccccc2C#N)C1. The van der Waals surface area contributed by atoms with E-state index in [1.807, 2.05) is 44.2 Å². The van der Waals surface area contributed by atoms with Gasteiger partial charge in [0.05, 0.1) is 16.8 Å². The van der Waals surface area contributed by atoms with E-state index in [1.54, 1.807) is 6.07 Å². The lowest BCUT2D eigenvalue weighted by molar-refractivity contribution is 0.0696. The van der Waals surface area contributed by atoms with Crippen LogP contribution in [0, 0.1) is 25.2 Å². The van der Waals surface area contributed by atoms with Gasteiger partial charge in [-0.1, -0.05) is 18.2 Å². The molecule has 2 aromatic rings. The molecule has 0 aromatic heterocycles. The molecule has 1 unspecified atom stereocenters. The van der Waals surface area contributed by atoms with E-state index in [1.165, 1.54) is 0 Å². The van der Waals surface area contributed by atoms with Crippen LogP contribution in [0.4, 0.5) is 11.4 Å². The Bertz CT molecular complexity index is 855. The molecular weight excluding hydrogens is 314 g/mol. The summed E-state index contributed by atoms with van der Waals surface area (Å²) in [5.74, 6) is -0.906. The molecule has 1 saturated heterocycles. The molecule has 2 aromatic carbocycles. The largest absolute Gasteiger partial charge is 0.478 e. The van der Waals surface area contributed by atoms with Crippen LogP contribution in [0.3, 0.4) is 0 Å². The Morgan fingerprint density at radius 2 is 2.04 bits per heavy atom. The van der Waals surface area contributed by atoms with Gasteiger partial charge in [0.1, 0.15) is 6.07 Å². The van der Waals surface area contributed by atoms with E-state index >= 15 is 0 Å². The summed E-state index contributed by atoms with van der Waals surface area (Å²) in [5.41, 5.74) is 4.65. The molecule has 1 aliphatic rings. The molecule has 1 atom stereocenters. The van der Waals surface area contributed by atoms with E-state index in [9.17, 15) is 15.2 Å². The number of aromatic carboxylic acids is 1.